The van der Waals surface area contributed by atoms with Crippen molar-refractivity contribution < 1.29 is 0 Å². The Bertz CT molecular complexity index is 381. The minimum atomic E-state index is 0.470. The Morgan fingerprint density at radius 1 is 1.25 bits per heavy atom. The maximum atomic E-state index is 4.67. The molecule has 1 fully saturated rings. The number of aromatic nitrogens is 2. The summed E-state index contributed by atoms with van der Waals surface area (Å²) < 4.78 is 0. The van der Waals surface area contributed by atoms with Gasteiger partial charge in [-0.25, -0.2) is 9.97 Å². The molecule has 0 bridgehead atoms. The zero-order chi connectivity index (χ0) is 11.7. The van der Waals surface area contributed by atoms with E-state index in [1.54, 1.807) is 0 Å². The van der Waals surface area contributed by atoms with Gasteiger partial charge in [0, 0.05) is 24.2 Å². The molecule has 1 aliphatic rings. The normalized spacial score (nSPS) is 16.3. The van der Waals surface area contributed by atoms with Gasteiger partial charge in [0.05, 0.1) is 0 Å². The highest BCUT2D eigenvalue weighted by molar-refractivity contribution is 5.48. The minimum absolute atomic E-state index is 0.470. The van der Waals surface area contributed by atoms with Gasteiger partial charge < -0.3 is 5.32 Å². The van der Waals surface area contributed by atoms with E-state index in [2.05, 4.69) is 36.1 Å². The summed E-state index contributed by atoms with van der Waals surface area (Å²) in [5, 5.41) is 3.21. The number of hydrogen-bond acceptors (Lipinski definition) is 3. The highest BCUT2D eigenvalue weighted by atomic mass is 15.0. The third-order valence-electron chi connectivity index (χ3n) is 3.44. The predicted molar refractivity (Wildman–Crippen MR) is 67.0 cm³/mol. The molecule has 0 unspecified atom stereocenters. The van der Waals surface area contributed by atoms with E-state index in [1.165, 1.54) is 24.8 Å². The lowest BCUT2D eigenvalue weighted by Gasteiger charge is -2.25. The summed E-state index contributed by atoms with van der Waals surface area (Å²) in [5.74, 6) is 3.13. The molecular formula is C13H21N3. The molecule has 0 amide bonds. The Hall–Kier alpha value is -1.12. The first-order valence-corrected chi connectivity index (χ1v) is 6.19. The summed E-state index contributed by atoms with van der Waals surface area (Å²) in [6.45, 7) is 6.48. The fourth-order valence-electron chi connectivity index (χ4n) is 2.33. The molecule has 0 aliphatic heterocycles. The molecule has 1 aromatic heterocycles. The van der Waals surface area contributed by atoms with Crippen molar-refractivity contribution in [3.63, 3.8) is 0 Å². The molecule has 1 aliphatic carbocycles. The van der Waals surface area contributed by atoms with E-state index in [1.807, 2.05) is 7.05 Å². The second-order valence-corrected chi connectivity index (χ2v) is 4.96. The van der Waals surface area contributed by atoms with E-state index >= 15 is 0 Å². The lowest BCUT2D eigenvalue weighted by Crippen LogP contribution is -2.16. The molecule has 2 rings (SSSR count). The quantitative estimate of drug-likeness (QED) is 0.848. The van der Waals surface area contributed by atoms with Crippen molar-refractivity contribution in [3.8, 4) is 0 Å². The zero-order valence-electron chi connectivity index (χ0n) is 10.7. The highest BCUT2D eigenvalue weighted by Gasteiger charge is 2.24. The average Bonchev–Trinajstić information content (AvgIpc) is 2.13. The molecule has 0 spiro atoms. The smallest absolute Gasteiger partial charge is 0.134 e. The Morgan fingerprint density at radius 3 is 2.38 bits per heavy atom. The van der Waals surface area contributed by atoms with Crippen molar-refractivity contribution in [3.05, 3.63) is 17.1 Å². The van der Waals surface area contributed by atoms with Gasteiger partial charge >= 0.3 is 0 Å². The van der Waals surface area contributed by atoms with Gasteiger partial charge in [-0.15, -0.1) is 0 Å². The molecule has 1 N–H and O–H groups in total. The Morgan fingerprint density at radius 2 is 1.94 bits per heavy atom. The number of nitrogens with one attached hydrogen (secondary N) is 1. The fourth-order valence-corrected chi connectivity index (χ4v) is 2.33. The van der Waals surface area contributed by atoms with Gasteiger partial charge in [-0.05, 0) is 25.7 Å². The maximum absolute atomic E-state index is 4.67. The third kappa shape index (κ3) is 1.91. The van der Waals surface area contributed by atoms with Gasteiger partial charge in [0.15, 0.2) is 0 Å². The van der Waals surface area contributed by atoms with E-state index in [4.69, 9.17) is 0 Å². The second kappa shape index (κ2) is 4.40. The molecule has 3 nitrogen and oxygen atoms in total. The Balaban J connectivity index is 2.41. The van der Waals surface area contributed by atoms with Crippen LogP contribution in [-0.2, 0) is 0 Å². The van der Waals surface area contributed by atoms with Crippen LogP contribution in [-0.4, -0.2) is 17.0 Å². The summed E-state index contributed by atoms with van der Waals surface area (Å²) >= 11 is 0. The van der Waals surface area contributed by atoms with Crippen LogP contribution >= 0.6 is 0 Å². The molecule has 0 radical (unpaired) electrons. The van der Waals surface area contributed by atoms with Gasteiger partial charge in [-0.2, -0.15) is 0 Å². The van der Waals surface area contributed by atoms with E-state index in [9.17, 15) is 0 Å². The lowest BCUT2D eigenvalue weighted by molar-refractivity contribution is 0.400. The van der Waals surface area contributed by atoms with Crippen LogP contribution in [0.3, 0.4) is 0 Å². The number of hydrogen-bond donors (Lipinski definition) is 1. The molecule has 16 heavy (non-hydrogen) atoms. The van der Waals surface area contributed by atoms with Crippen LogP contribution in [0.4, 0.5) is 5.82 Å². The first-order chi connectivity index (χ1) is 7.63. The van der Waals surface area contributed by atoms with Crippen molar-refractivity contribution in [1.82, 2.24) is 9.97 Å². The number of nitrogens with zero attached hydrogens (tertiary/aromatic N) is 2. The van der Waals surface area contributed by atoms with Gasteiger partial charge in [0.1, 0.15) is 11.6 Å². The van der Waals surface area contributed by atoms with Gasteiger partial charge in [-0.1, -0.05) is 20.3 Å². The Labute approximate surface area is 97.7 Å². The topological polar surface area (TPSA) is 37.8 Å². The van der Waals surface area contributed by atoms with Crippen LogP contribution in [0.15, 0.2) is 0 Å². The van der Waals surface area contributed by atoms with Crippen molar-refractivity contribution in [2.45, 2.75) is 51.9 Å². The number of aryl methyl sites for hydroxylation is 1. The second-order valence-electron chi connectivity index (χ2n) is 4.96. The third-order valence-corrected chi connectivity index (χ3v) is 3.44. The molecule has 0 atom stereocenters. The summed E-state index contributed by atoms with van der Waals surface area (Å²) in [6, 6.07) is 0. The molecule has 0 aromatic carbocycles. The van der Waals surface area contributed by atoms with Crippen LogP contribution in [0.1, 0.15) is 62.0 Å². The SMILES string of the molecule is CNc1nc(C2CCC2)nc(C)c1C(C)C. The summed E-state index contributed by atoms with van der Waals surface area (Å²) in [4.78, 5) is 9.35. The van der Waals surface area contributed by atoms with E-state index in [-0.39, 0.29) is 0 Å². The monoisotopic (exact) mass is 219 g/mol. The standard InChI is InChI=1S/C13H21N3/c1-8(2)11-9(3)15-12(10-6-5-7-10)16-13(11)14-4/h8,10H,5-7H2,1-4H3,(H,14,15,16). The number of anilines is 1. The predicted octanol–water partition coefficient (Wildman–Crippen LogP) is 3.22. The molecular weight excluding hydrogens is 198 g/mol. The van der Waals surface area contributed by atoms with Crippen LogP contribution in [0.5, 0.6) is 0 Å². The van der Waals surface area contributed by atoms with Crippen LogP contribution in [0.25, 0.3) is 0 Å². The van der Waals surface area contributed by atoms with Crippen molar-refractivity contribution in [2.75, 3.05) is 12.4 Å². The molecule has 1 aromatic rings. The largest absolute Gasteiger partial charge is 0.373 e. The zero-order valence-corrected chi connectivity index (χ0v) is 10.7. The molecule has 1 heterocycles. The molecule has 1 saturated carbocycles. The van der Waals surface area contributed by atoms with Gasteiger partial charge in [-0.3, -0.25) is 0 Å². The van der Waals surface area contributed by atoms with Crippen LogP contribution in [0, 0.1) is 6.92 Å². The van der Waals surface area contributed by atoms with E-state index < -0.39 is 0 Å². The van der Waals surface area contributed by atoms with Gasteiger partial charge in [0.2, 0.25) is 0 Å². The Kier molecular flexibility index (Phi) is 3.13. The summed E-state index contributed by atoms with van der Waals surface area (Å²) in [6.07, 6.45) is 3.83. The molecule has 0 saturated heterocycles. The first-order valence-electron chi connectivity index (χ1n) is 6.19. The number of rotatable bonds is 3. The minimum Gasteiger partial charge on any atom is -0.373 e. The maximum Gasteiger partial charge on any atom is 0.134 e. The van der Waals surface area contributed by atoms with Crippen molar-refractivity contribution in [1.29, 1.82) is 0 Å². The fraction of sp³-hybridized carbons (Fsp3) is 0.692. The van der Waals surface area contributed by atoms with Gasteiger partial charge in [0.25, 0.3) is 0 Å². The summed E-state index contributed by atoms with van der Waals surface area (Å²) in [5.41, 5.74) is 2.39. The molecule has 3 heteroatoms. The van der Waals surface area contributed by atoms with Crippen molar-refractivity contribution in [2.24, 2.45) is 0 Å². The lowest BCUT2D eigenvalue weighted by atomic mass is 9.84. The van der Waals surface area contributed by atoms with E-state index in [0.29, 0.717) is 11.8 Å². The molecule has 88 valence electrons. The average molecular weight is 219 g/mol. The highest BCUT2D eigenvalue weighted by Crippen LogP contribution is 2.36. The van der Waals surface area contributed by atoms with Crippen LogP contribution < -0.4 is 5.32 Å². The van der Waals surface area contributed by atoms with Crippen molar-refractivity contribution >= 4 is 5.82 Å². The van der Waals surface area contributed by atoms with E-state index in [0.717, 1.165) is 17.3 Å². The summed E-state index contributed by atoms with van der Waals surface area (Å²) in [7, 11) is 1.94. The van der Waals surface area contributed by atoms with Crippen LogP contribution in [0.2, 0.25) is 0 Å². The first kappa shape index (κ1) is 11.4.